The summed E-state index contributed by atoms with van der Waals surface area (Å²) in [5.41, 5.74) is 3.96. The molecule has 0 spiro atoms. The molecule has 1 heteroatoms. The lowest BCUT2D eigenvalue weighted by atomic mass is 9.95. The molecule has 0 heterocycles. The minimum atomic E-state index is -0.357. The highest BCUT2D eigenvalue weighted by Gasteiger charge is 2.11. The number of benzene rings is 1. The molecule has 14 heavy (non-hydrogen) atoms. The second kappa shape index (κ2) is 5.43. The predicted molar refractivity (Wildman–Crippen MR) is 59.0 cm³/mol. The molecule has 0 aromatic heterocycles. The number of rotatable bonds is 4. The monoisotopic (exact) mass is 188 g/mol. The predicted octanol–water partition coefficient (Wildman–Crippen LogP) is 2.57. The van der Waals surface area contributed by atoms with Gasteiger partial charge in [-0.25, -0.2) is 0 Å². The molecule has 0 aliphatic heterocycles. The molecule has 0 amide bonds. The summed E-state index contributed by atoms with van der Waals surface area (Å²) >= 11 is 0. The zero-order chi connectivity index (χ0) is 10.4. The molecule has 1 aromatic rings. The molecule has 0 saturated heterocycles. The van der Waals surface area contributed by atoms with Crippen LogP contribution >= 0.6 is 0 Å². The Labute approximate surface area is 85.4 Å². The van der Waals surface area contributed by atoms with Crippen molar-refractivity contribution >= 4 is 0 Å². The molecule has 2 unspecified atom stereocenters. The van der Waals surface area contributed by atoms with Gasteiger partial charge >= 0.3 is 0 Å². The summed E-state index contributed by atoms with van der Waals surface area (Å²) in [6.45, 7) is 5.33. The third-order valence-electron chi connectivity index (χ3n) is 2.27. The van der Waals surface area contributed by atoms with Crippen LogP contribution in [-0.4, -0.2) is 11.2 Å². The highest BCUT2D eigenvalue weighted by Crippen LogP contribution is 2.13. The van der Waals surface area contributed by atoms with E-state index in [9.17, 15) is 5.11 Å². The first-order valence-corrected chi connectivity index (χ1v) is 4.82. The Morgan fingerprint density at radius 1 is 1.43 bits per heavy atom. The van der Waals surface area contributed by atoms with Crippen LogP contribution in [-0.2, 0) is 6.42 Å². The van der Waals surface area contributed by atoms with E-state index in [1.54, 1.807) is 6.92 Å². The van der Waals surface area contributed by atoms with E-state index >= 15 is 0 Å². The summed E-state index contributed by atoms with van der Waals surface area (Å²) in [7, 11) is 0. The van der Waals surface area contributed by atoms with Gasteiger partial charge in [0.25, 0.3) is 0 Å². The molecule has 0 radical (unpaired) electrons. The van der Waals surface area contributed by atoms with Crippen LogP contribution in [0.1, 0.15) is 12.5 Å². The quantitative estimate of drug-likeness (QED) is 0.720. The SMILES string of the molecule is C=C=CC(Cc1ccccc1)C(C)O. The highest BCUT2D eigenvalue weighted by atomic mass is 16.3. The van der Waals surface area contributed by atoms with Crippen LogP contribution in [0, 0.1) is 5.92 Å². The second-order valence-electron chi connectivity index (χ2n) is 3.46. The fourth-order valence-electron chi connectivity index (χ4n) is 1.41. The summed E-state index contributed by atoms with van der Waals surface area (Å²) in [5.74, 6) is 0.106. The number of aliphatic hydroxyl groups excluding tert-OH is 1. The Morgan fingerprint density at radius 2 is 2.07 bits per heavy atom. The highest BCUT2D eigenvalue weighted by molar-refractivity contribution is 5.16. The molecule has 2 atom stereocenters. The number of hydrogen-bond donors (Lipinski definition) is 1. The van der Waals surface area contributed by atoms with Crippen molar-refractivity contribution in [1.82, 2.24) is 0 Å². The molecule has 0 aliphatic carbocycles. The summed E-state index contributed by atoms with van der Waals surface area (Å²) in [4.78, 5) is 0. The van der Waals surface area contributed by atoms with Gasteiger partial charge in [-0.1, -0.05) is 36.9 Å². The Morgan fingerprint density at radius 3 is 2.57 bits per heavy atom. The standard InChI is InChI=1S/C13H16O/c1-3-7-13(11(2)14)10-12-8-5-4-6-9-12/h4-9,11,13-14H,1,10H2,2H3. The molecule has 0 bridgehead atoms. The van der Waals surface area contributed by atoms with E-state index in [4.69, 9.17) is 0 Å². The molecule has 0 fully saturated rings. The lowest BCUT2D eigenvalue weighted by Crippen LogP contribution is -2.16. The first-order valence-electron chi connectivity index (χ1n) is 4.82. The molecule has 1 rings (SSSR count). The number of aliphatic hydroxyl groups is 1. The maximum absolute atomic E-state index is 9.51. The van der Waals surface area contributed by atoms with Gasteiger partial charge in [0.2, 0.25) is 0 Å². The smallest absolute Gasteiger partial charge is 0.0583 e. The minimum Gasteiger partial charge on any atom is -0.393 e. The lowest BCUT2D eigenvalue weighted by molar-refractivity contribution is 0.149. The van der Waals surface area contributed by atoms with Crippen molar-refractivity contribution in [3.05, 3.63) is 54.3 Å². The Kier molecular flexibility index (Phi) is 4.18. The first-order chi connectivity index (χ1) is 6.74. The molecule has 0 saturated carbocycles. The third kappa shape index (κ3) is 3.21. The van der Waals surface area contributed by atoms with Gasteiger partial charge in [-0.15, -0.1) is 5.73 Å². The van der Waals surface area contributed by atoms with Gasteiger partial charge in [0.15, 0.2) is 0 Å². The van der Waals surface area contributed by atoms with E-state index in [0.29, 0.717) is 0 Å². The zero-order valence-electron chi connectivity index (χ0n) is 8.48. The van der Waals surface area contributed by atoms with Gasteiger partial charge < -0.3 is 5.11 Å². The van der Waals surface area contributed by atoms with Crippen LogP contribution in [0.5, 0.6) is 0 Å². The molecular weight excluding hydrogens is 172 g/mol. The van der Waals surface area contributed by atoms with Crippen molar-refractivity contribution in [2.24, 2.45) is 5.92 Å². The second-order valence-corrected chi connectivity index (χ2v) is 3.46. The largest absolute Gasteiger partial charge is 0.393 e. The molecule has 1 aromatic carbocycles. The van der Waals surface area contributed by atoms with Crippen LogP contribution in [0.3, 0.4) is 0 Å². The molecule has 0 aliphatic rings. The maximum atomic E-state index is 9.51. The van der Waals surface area contributed by atoms with Crippen LogP contribution in [0.4, 0.5) is 0 Å². The van der Waals surface area contributed by atoms with Gasteiger partial charge in [-0.05, 0) is 25.0 Å². The van der Waals surface area contributed by atoms with Gasteiger partial charge in [0.1, 0.15) is 0 Å². The average molecular weight is 188 g/mol. The summed E-state index contributed by atoms with van der Waals surface area (Å²) in [6, 6.07) is 10.1. The van der Waals surface area contributed by atoms with Crippen molar-refractivity contribution in [2.45, 2.75) is 19.4 Å². The van der Waals surface area contributed by atoms with Gasteiger partial charge in [0, 0.05) is 5.92 Å². The Hall–Kier alpha value is -1.30. The Balaban J connectivity index is 2.70. The van der Waals surface area contributed by atoms with Crippen LogP contribution in [0.15, 0.2) is 48.7 Å². The molecule has 74 valence electrons. The fourth-order valence-corrected chi connectivity index (χ4v) is 1.41. The topological polar surface area (TPSA) is 20.2 Å². The zero-order valence-corrected chi connectivity index (χ0v) is 8.48. The lowest BCUT2D eigenvalue weighted by Gasteiger charge is -2.14. The first kappa shape index (κ1) is 10.8. The van der Waals surface area contributed by atoms with Crippen molar-refractivity contribution in [3.8, 4) is 0 Å². The van der Waals surface area contributed by atoms with Crippen molar-refractivity contribution < 1.29 is 5.11 Å². The van der Waals surface area contributed by atoms with Crippen LogP contribution < -0.4 is 0 Å². The fraction of sp³-hybridized carbons (Fsp3) is 0.308. The summed E-state index contributed by atoms with van der Waals surface area (Å²) < 4.78 is 0. The summed E-state index contributed by atoms with van der Waals surface area (Å²) in [6.07, 6.45) is 2.31. The van der Waals surface area contributed by atoms with Crippen molar-refractivity contribution in [1.29, 1.82) is 0 Å². The average Bonchev–Trinajstić information content (AvgIpc) is 2.18. The van der Waals surface area contributed by atoms with Crippen LogP contribution in [0.2, 0.25) is 0 Å². The van der Waals surface area contributed by atoms with E-state index in [0.717, 1.165) is 6.42 Å². The van der Waals surface area contributed by atoms with E-state index in [-0.39, 0.29) is 12.0 Å². The van der Waals surface area contributed by atoms with E-state index in [1.165, 1.54) is 5.56 Å². The van der Waals surface area contributed by atoms with Crippen LogP contribution in [0.25, 0.3) is 0 Å². The van der Waals surface area contributed by atoms with Gasteiger partial charge in [-0.3, -0.25) is 0 Å². The molecule has 1 nitrogen and oxygen atoms in total. The normalized spacial score (nSPS) is 14.1. The van der Waals surface area contributed by atoms with Gasteiger partial charge in [0.05, 0.1) is 6.10 Å². The van der Waals surface area contributed by atoms with Gasteiger partial charge in [-0.2, -0.15) is 0 Å². The summed E-state index contributed by atoms with van der Waals surface area (Å²) in [5, 5.41) is 9.51. The minimum absolute atomic E-state index is 0.106. The molecular formula is C13H16O. The number of hydrogen-bond acceptors (Lipinski definition) is 1. The maximum Gasteiger partial charge on any atom is 0.0583 e. The van der Waals surface area contributed by atoms with Crippen molar-refractivity contribution in [3.63, 3.8) is 0 Å². The van der Waals surface area contributed by atoms with Crippen molar-refractivity contribution in [2.75, 3.05) is 0 Å². The van der Waals surface area contributed by atoms with E-state index < -0.39 is 0 Å². The van der Waals surface area contributed by atoms with E-state index in [1.807, 2.05) is 24.3 Å². The third-order valence-corrected chi connectivity index (χ3v) is 2.27. The molecule has 1 N–H and O–H groups in total. The Bertz CT molecular complexity index is 307. The van der Waals surface area contributed by atoms with E-state index in [2.05, 4.69) is 24.4 Å².